The van der Waals surface area contributed by atoms with Crippen LogP contribution in [0.15, 0.2) is 28.6 Å². The maximum absolute atomic E-state index is 12.6. The molecular weight excluding hydrogens is 528 g/mol. The molecule has 0 spiro atoms. The first-order valence-electron chi connectivity index (χ1n) is 9.52. The maximum atomic E-state index is 12.6. The van der Waals surface area contributed by atoms with E-state index in [0.29, 0.717) is 30.0 Å². The topological polar surface area (TPSA) is 65.4 Å². The highest BCUT2D eigenvalue weighted by molar-refractivity contribution is 14.0. The second-order valence-electron chi connectivity index (χ2n) is 6.92. The normalized spacial score (nSPS) is 15.6. The highest BCUT2D eigenvalue weighted by Gasteiger charge is 2.33. The number of aryl methyl sites for hydroxylation is 1. The molecule has 166 valence electrons. The number of nitrogens with one attached hydrogen (secondary N) is 2. The predicted octanol–water partition coefficient (Wildman–Crippen LogP) is 3.86. The third kappa shape index (κ3) is 6.96. The van der Waals surface area contributed by atoms with Crippen molar-refractivity contribution < 1.29 is 13.2 Å². The molecule has 0 saturated carbocycles. The molecule has 30 heavy (non-hydrogen) atoms. The van der Waals surface area contributed by atoms with E-state index in [2.05, 4.69) is 30.5 Å². The average Bonchev–Trinajstić information content (AvgIpc) is 3.17. The Morgan fingerprint density at radius 1 is 1.27 bits per heavy atom. The molecule has 1 aliphatic rings. The van der Waals surface area contributed by atoms with Crippen LogP contribution in [-0.4, -0.2) is 48.7 Å². The van der Waals surface area contributed by atoms with Crippen LogP contribution in [0.5, 0.6) is 0 Å². The van der Waals surface area contributed by atoms with Gasteiger partial charge in [0, 0.05) is 50.2 Å². The summed E-state index contributed by atoms with van der Waals surface area (Å²) in [5, 5.41) is 8.07. The first kappa shape index (κ1) is 24.6. The van der Waals surface area contributed by atoms with E-state index in [9.17, 15) is 13.2 Å². The molecule has 2 N–H and O–H groups in total. The summed E-state index contributed by atoms with van der Waals surface area (Å²) in [5.74, 6) is 1.66. The maximum Gasteiger partial charge on any atom is 0.434 e. The largest absolute Gasteiger partial charge is 0.434 e. The zero-order valence-electron chi connectivity index (χ0n) is 16.9. The molecule has 1 saturated heterocycles. The van der Waals surface area contributed by atoms with E-state index >= 15 is 0 Å². The molecule has 1 fully saturated rings. The molecule has 6 nitrogen and oxygen atoms in total. The molecule has 0 atom stereocenters. The lowest BCUT2D eigenvalue weighted by Gasteiger charge is -2.34. The van der Waals surface area contributed by atoms with Crippen molar-refractivity contribution in [3.63, 3.8) is 0 Å². The quantitative estimate of drug-likeness (QED) is 0.334. The lowest BCUT2D eigenvalue weighted by molar-refractivity contribution is -0.140. The molecule has 0 radical (unpaired) electrons. The number of hydrogen-bond donors (Lipinski definition) is 2. The summed E-state index contributed by atoms with van der Waals surface area (Å²) in [6.45, 7) is 4.27. The lowest BCUT2D eigenvalue weighted by Crippen LogP contribution is -2.49. The first-order chi connectivity index (χ1) is 13.8. The van der Waals surface area contributed by atoms with Crippen LogP contribution >= 0.6 is 35.3 Å². The minimum atomic E-state index is -4.39. The average molecular weight is 554 g/mol. The number of aliphatic imine (C=N–C) groups is 1. The van der Waals surface area contributed by atoms with Gasteiger partial charge in [0.1, 0.15) is 5.82 Å². The summed E-state index contributed by atoms with van der Waals surface area (Å²) in [5.41, 5.74) is 0.185. The van der Waals surface area contributed by atoms with Gasteiger partial charge < -0.3 is 15.5 Å². The summed E-state index contributed by atoms with van der Waals surface area (Å²) < 4.78 is 37.8. The fourth-order valence-corrected chi connectivity index (χ4v) is 3.99. The number of pyridine rings is 1. The van der Waals surface area contributed by atoms with Crippen LogP contribution in [0.25, 0.3) is 0 Å². The van der Waals surface area contributed by atoms with Gasteiger partial charge in [-0.25, -0.2) is 9.97 Å². The van der Waals surface area contributed by atoms with Crippen LogP contribution in [0.2, 0.25) is 0 Å². The Morgan fingerprint density at radius 3 is 2.60 bits per heavy atom. The second-order valence-corrected chi connectivity index (χ2v) is 7.86. The van der Waals surface area contributed by atoms with Crippen LogP contribution < -0.4 is 15.5 Å². The number of thiazole rings is 1. The zero-order valence-corrected chi connectivity index (χ0v) is 20.0. The fourth-order valence-electron chi connectivity index (χ4n) is 3.19. The predicted molar refractivity (Wildman–Crippen MR) is 125 cm³/mol. The van der Waals surface area contributed by atoms with Gasteiger partial charge in [-0.3, -0.25) is 4.99 Å². The van der Waals surface area contributed by atoms with E-state index in [1.165, 1.54) is 0 Å². The summed E-state index contributed by atoms with van der Waals surface area (Å²) in [7, 11) is 1.69. The minimum absolute atomic E-state index is 0. The van der Waals surface area contributed by atoms with Crippen LogP contribution in [0.4, 0.5) is 19.0 Å². The van der Waals surface area contributed by atoms with Crippen LogP contribution in [0.3, 0.4) is 0 Å². The molecule has 0 aliphatic carbocycles. The van der Waals surface area contributed by atoms with Gasteiger partial charge in [-0.1, -0.05) is 6.07 Å². The number of hydrogen-bond acceptors (Lipinski definition) is 5. The Hall–Kier alpha value is -1.63. The van der Waals surface area contributed by atoms with E-state index in [0.717, 1.165) is 54.2 Å². The number of piperidine rings is 1. The highest BCUT2D eigenvalue weighted by Crippen LogP contribution is 2.30. The highest BCUT2D eigenvalue weighted by atomic mass is 127. The Kier molecular flexibility index (Phi) is 9.13. The molecule has 0 bridgehead atoms. The number of nitrogens with zero attached hydrogens (tertiary/aromatic N) is 4. The van der Waals surface area contributed by atoms with Gasteiger partial charge in [-0.15, -0.1) is 35.3 Å². The monoisotopic (exact) mass is 554 g/mol. The Labute approximate surface area is 195 Å². The van der Waals surface area contributed by atoms with E-state index in [1.807, 2.05) is 25.1 Å². The first-order valence-corrected chi connectivity index (χ1v) is 10.4. The number of halogens is 4. The van der Waals surface area contributed by atoms with E-state index in [1.54, 1.807) is 7.05 Å². The van der Waals surface area contributed by atoms with Crippen molar-refractivity contribution in [2.24, 2.45) is 4.99 Å². The van der Waals surface area contributed by atoms with Crippen molar-refractivity contribution in [1.82, 2.24) is 20.6 Å². The van der Waals surface area contributed by atoms with E-state index in [-0.39, 0.29) is 24.0 Å². The third-order valence-electron chi connectivity index (χ3n) is 4.73. The minimum Gasteiger partial charge on any atom is -0.356 e. The Balaban J connectivity index is 0.00000320. The zero-order chi connectivity index (χ0) is 20.9. The molecule has 1 aliphatic heterocycles. The number of guanidine groups is 1. The fraction of sp³-hybridized carbons (Fsp3) is 0.526. The molecule has 3 rings (SSSR count). The van der Waals surface area contributed by atoms with Gasteiger partial charge in [-0.2, -0.15) is 13.2 Å². The van der Waals surface area contributed by atoms with Crippen LogP contribution in [0, 0.1) is 6.92 Å². The Bertz CT molecular complexity index is 834. The number of aromatic nitrogens is 2. The summed E-state index contributed by atoms with van der Waals surface area (Å²) in [6.07, 6.45) is -2.06. The molecule has 3 heterocycles. The number of alkyl halides is 3. The third-order valence-corrected chi connectivity index (χ3v) is 5.64. The van der Waals surface area contributed by atoms with Crippen molar-refractivity contribution in [2.45, 2.75) is 38.4 Å². The molecule has 0 aromatic carbocycles. The molecule has 2 aromatic rings. The molecule has 0 unspecified atom stereocenters. The standard InChI is InChI=1S/C19H25F3N6S.HI/c1-13-4-3-5-16(25-13)28-10-7-14(8-11-28)26-18(23-2)24-9-6-17-27-15(12-29-17)19(20,21)22;/h3-5,12,14H,6-11H2,1-2H3,(H2,23,24,26);1H. The number of anilines is 1. The molecule has 11 heteroatoms. The van der Waals surface area contributed by atoms with Gasteiger partial charge in [0.25, 0.3) is 0 Å². The lowest BCUT2D eigenvalue weighted by atomic mass is 10.1. The van der Waals surface area contributed by atoms with E-state index < -0.39 is 11.9 Å². The van der Waals surface area contributed by atoms with Crippen molar-refractivity contribution in [2.75, 3.05) is 31.6 Å². The number of rotatable bonds is 5. The van der Waals surface area contributed by atoms with Gasteiger partial charge in [0.2, 0.25) is 0 Å². The van der Waals surface area contributed by atoms with Gasteiger partial charge in [0.05, 0.1) is 5.01 Å². The van der Waals surface area contributed by atoms with Crippen molar-refractivity contribution in [3.8, 4) is 0 Å². The summed E-state index contributed by atoms with van der Waals surface area (Å²) in [6, 6.07) is 6.33. The Morgan fingerprint density at radius 2 is 2.00 bits per heavy atom. The van der Waals surface area contributed by atoms with Crippen LogP contribution in [-0.2, 0) is 12.6 Å². The van der Waals surface area contributed by atoms with Crippen molar-refractivity contribution in [3.05, 3.63) is 40.0 Å². The van der Waals surface area contributed by atoms with Crippen molar-refractivity contribution in [1.29, 1.82) is 0 Å². The van der Waals surface area contributed by atoms with Gasteiger partial charge in [0.15, 0.2) is 11.7 Å². The summed E-state index contributed by atoms with van der Waals surface area (Å²) >= 11 is 1.03. The van der Waals surface area contributed by atoms with E-state index in [4.69, 9.17) is 0 Å². The summed E-state index contributed by atoms with van der Waals surface area (Å²) in [4.78, 5) is 14.7. The van der Waals surface area contributed by atoms with Crippen LogP contribution in [0.1, 0.15) is 29.2 Å². The van der Waals surface area contributed by atoms with Crippen molar-refractivity contribution >= 4 is 47.1 Å². The second kappa shape index (κ2) is 11.1. The SMILES string of the molecule is CN=C(NCCc1nc(C(F)(F)F)cs1)NC1CCN(c2cccc(C)n2)CC1.I. The smallest absolute Gasteiger partial charge is 0.356 e. The molecule has 0 amide bonds. The van der Waals surface area contributed by atoms with Gasteiger partial charge >= 0.3 is 6.18 Å². The molecular formula is C19H26F3IN6S. The molecule has 2 aromatic heterocycles. The van der Waals surface area contributed by atoms with Gasteiger partial charge in [-0.05, 0) is 31.9 Å².